The van der Waals surface area contributed by atoms with E-state index in [1.807, 2.05) is 0 Å². The van der Waals surface area contributed by atoms with Crippen LogP contribution < -0.4 is 5.32 Å². The Kier molecular flexibility index (Phi) is 2.80. The third-order valence-corrected chi connectivity index (χ3v) is 4.29. The number of carbonyl (C=O) groups excluding carboxylic acids is 1. The summed E-state index contributed by atoms with van der Waals surface area (Å²) in [5.41, 5.74) is 0.769. The molecular weight excluding hydrogens is 276 g/mol. The molecule has 0 spiro atoms. The van der Waals surface area contributed by atoms with Crippen molar-refractivity contribution >= 4 is 22.6 Å². The molecule has 2 heterocycles. The Bertz CT molecular complexity index is 642. The van der Waals surface area contributed by atoms with Crippen LogP contribution in [0.4, 0.5) is 5.13 Å². The molecule has 2 aliphatic rings. The third kappa shape index (κ3) is 2.45. The predicted molar refractivity (Wildman–Crippen MR) is 72.8 cm³/mol. The van der Waals surface area contributed by atoms with Crippen molar-refractivity contribution in [2.75, 3.05) is 5.32 Å². The molecular formula is C13H14N4O2S. The summed E-state index contributed by atoms with van der Waals surface area (Å²) in [5, 5.41) is 3.28. The molecule has 4 rings (SSSR count). The van der Waals surface area contributed by atoms with Gasteiger partial charge < -0.3 is 4.42 Å². The van der Waals surface area contributed by atoms with Crippen LogP contribution in [0.5, 0.6) is 0 Å². The topological polar surface area (TPSA) is 80.9 Å². The third-order valence-electron chi connectivity index (χ3n) is 3.62. The average molecular weight is 290 g/mol. The lowest BCUT2D eigenvalue weighted by Gasteiger charge is -1.99. The average Bonchev–Trinajstić information content (AvgIpc) is 3.34. The highest BCUT2D eigenvalue weighted by Crippen LogP contribution is 2.40. The van der Waals surface area contributed by atoms with E-state index in [0.29, 0.717) is 16.8 Å². The molecule has 0 radical (unpaired) electrons. The lowest BCUT2D eigenvalue weighted by molar-refractivity contribution is 0.0995. The number of oxazole rings is 1. The van der Waals surface area contributed by atoms with Crippen LogP contribution in [-0.2, 0) is 6.42 Å². The zero-order chi connectivity index (χ0) is 13.5. The zero-order valence-electron chi connectivity index (χ0n) is 10.8. The molecule has 2 aromatic rings. The lowest BCUT2D eigenvalue weighted by Crippen LogP contribution is -2.13. The van der Waals surface area contributed by atoms with Crippen LogP contribution in [0.2, 0.25) is 0 Å². The van der Waals surface area contributed by atoms with Gasteiger partial charge in [-0.2, -0.15) is 4.37 Å². The number of hydrogen-bond donors (Lipinski definition) is 1. The Morgan fingerprint density at radius 1 is 1.40 bits per heavy atom. The van der Waals surface area contributed by atoms with E-state index in [-0.39, 0.29) is 5.91 Å². The minimum Gasteiger partial charge on any atom is -0.438 e. The SMILES string of the molecule is O=C(Nc1nc(CC2CC2)ns1)c1ocnc1C1CC1. The number of hydrogen-bond acceptors (Lipinski definition) is 6. The fourth-order valence-corrected chi connectivity index (χ4v) is 2.79. The van der Waals surface area contributed by atoms with E-state index in [1.54, 1.807) is 0 Å². The van der Waals surface area contributed by atoms with E-state index in [9.17, 15) is 4.79 Å². The van der Waals surface area contributed by atoms with Gasteiger partial charge in [-0.25, -0.2) is 9.97 Å². The van der Waals surface area contributed by atoms with Crippen molar-refractivity contribution in [2.45, 2.75) is 38.0 Å². The predicted octanol–water partition coefficient (Wildman–Crippen LogP) is 2.61. The van der Waals surface area contributed by atoms with Gasteiger partial charge in [-0.3, -0.25) is 10.1 Å². The van der Waals surface area contributed by atoms with Crippen LogP contribution in [0.1, 0.15) is 53.7 Å². The Labute approximate surface area is 119 Å². The maximum Gasteiger partial charge on any atom is 0.295 e. The van der Waals surface area contributed by atoms with E-state index in [1.165, 1.54) is 30.8 Å². The van der Waals surface area contributed by atoms with Crippen molar-refractivity contribution in [1.82, 2.24) is 14.3 Å². The molecule has 0 aliphatic heterocycles. The summed E-state index contributed by atoms with van der Waals surface area (Å²) in [6, 6.07) is 0. The monoisotopic (exact) mass is 290 g/mol. The van der Waals surface area contributed by atoms with Crippen molar-refractivity contribution in [2.24, 2.45) is 5.92 Å². The second-order valence-corrected chi connectivity index (χ2v) is 6.21. The fraction of sp³-hybridized carbons (Fsp3) is 0.538. The number of aromatic nitrogens is 3. The molecule has 0 atom stereocenters. The van der Waals surface area contributed by atoms with Crippen LogP contribution >= 0.6 is 11.5 Å². The first kappa shape index (κ1) is 12.0. The molecule has 1 N–H and O–H groups in total. The Hall–Kier alpha value is -1.76. The molecule has 1 amide bonds. The highest BCUT2D eigenvalue weighted by atomic mass is 32.1. The van der Waals surface area contributed by atoms with Crippen LogP contribution in [0.3, 0.4) is 0 Å². The van der Waals surface area contributed by atoms with Crippen LogP contribution in [0.25, 0.3) is 0 Å². The molecule has 2 aromatic heterocycles. The van der Waals surface area contributed by atoms with Crippen molar-refractivity contribution < 1.29 is 9.21 Å². The van der Waals surface area contributed by atoms with E-state index in [0.717, 1.165) is 36.7 Å². The molecule has 20 heavy (non-hydrogen) atoms. The van der Waals surface area contributed by atoms with Gasteiger partial charge in [-0.05, 0) is 31.6 Å². The number of carbonyl (C=O) groups is 1. The first-order valence-corrected chi connectivity index (χ1v) is 7.64. The molecule has 0 aromatic carbocycles. The summed E-state index contributed by atoms with van der Waals surface area (Å²) in [7, 11) is 0. The summed E-state index contributed by atoms with van der Waals surface area (Å²) >= 11 is 1.22. The Morgan fingerprint density at radius 3 is 3.00 bits per heavy atom. The summed E-state index contributed by atoms with van der Waals surface area (Å²) in [5.74, 6) is 1.98. The normalized spacial score (nSPS) is 18.2. The smallest absolute Gasteiger partial charge is 0.295 e. The van der Waals surface area contributed by atoms with Crippen LogP contribution in [0.15, 0.2) is 10.8 Å². The molecule has 6 nitrogen and oxygen atoms in total. The van der Waals surface area contributed by atoms with E-state index >= 15 is 0 Å². The van der Waals surface area contributed by atoms with Crippen molar-refractivity contribution in [3.8, 4) is 0 Å². The largest absolute Gasteiger partial charge is 0.438 e. The first-order valence-electron chi connectivity index (χ1n) is 6.87. The number of amides is 1. The maximum absolute atomic E-state index is 12.2. The number of rotatable bonds is 5. The Balaban J connectivity index is 1.45. The molecule has 2 aliphatic carbocycles. The molecule has 2 saturated carbocycles. The number of nitrogens with one attached hydrogen (secondary N) is 1. The van der Waals surface area contributed by atoms with Gasteiger partial charge >= 0.3 is 0 Å². The van der Waals surface area contributed by atoms with Gasteiger partial charge in [-0.1, -0.05) is 0 Å². The van der Waals surface area contributed by atoms with E-state index in [2.05, 4.69) is 19.7 Å². The lowest BCUT2D eigenvalue weighted by atomic mass is 10.2. The van der Waals surface area contributed by atoms with Gasteiger partial charge in [0.15, 0.2) is 6.39 Å². The second-order valence-electron chi connectivity index (χ2n) is 5.46. The molecule has 2 fully saturated rings. The van der Waals surface area contributed by atoms with Crippen molar-refractivity contribution in [3.63, 3.8) is 0 Å². The maximum atomic E-state index is 12.2. The van der Waals surface area contributed by atoms with Gasteiger partial charge in [0.25, 0.3) is 5.91 Å². The van der Waals surface area contributed by atoms with Gasteiger partial charge in [-0.15, -0.1) is 0 Å². The molecule has 104 valence electrons. The van der Waals surface area contributed by atoms with Crippen LogP contribution in [-0.4, -0.2) is 20.2 Å². The zero-order valence-corrected chi connectivity index (χ0v) is 11.7. The van der Waals surface area contributed by atoms with Gasteiger partial charge in [0, 0.05) is 23.9 Å². The minimum absolute atomic E-state index is 0.279. The first-order chi connectivity index (χ1) is 9.79. The molecule has 0 unspecified atom stereocenters. The van der Waals surface area contributed by atoms with Gasteiger partial charge in [0.1, 0.15) is 5.82 Å². The van der Waals surface area contributed by atoms with Gasteiger partial charge in [0.05, 0.1) is 5.69 Å². The number of nitrogens with zero attached hydrogens (tertiary/aromatic N) is 3. The van der Waals surface area contributed by atoms with Crippen molar-refractivity contribution in [1.29, 1.82) is 0 Å². The summed E-state index contributed by atoms with van der Waals surface area (Å²) in [6.07, 6.45) is 6.95. The summed E-state index contributed by atoms with van der Waals surface area (Å²) < 4.78 is 9.48. The summed E-state index contributed by atoms with van der Waals surface area (Å²) in [6.45, 7) is 0. The standard InChI is InChI=1S/C13H14N4O2S/c18-12(11-10(8-3-4-8)14-6-19-11)16-13-15-9(17-20-13)5-7-1-2-7/h6-8H,1-5H2,(H,15,16,17,18). The quantitative estimate of drug-likeness (QED) is 0.915. The molecule has 0 saturated heterocycles. The fourth-order valence-electron chi connectivity index (χ4n) is 2.19. The van der Waals surface area contributed by atoms with E-state index in [4.69, 9.17) is 4.42 Å². The number of anilines is 1. The minimum atomic E-state index is -0.279. The highest BCUT2D eigenvalue weighted by Gasteiger charge is 2.32. The second kappa shape index (κ2) is 4.66. The van der Waals surface area contributed by atoms with Gasteiger partial charge in [0.2, 0.25) is 10.9 Å². The molecule has 0 bridgehead atoms. The van der Waals surface area contributed by atoms with E-state index < -0.39 is 0 Å². The van der Waals surface area contributed by atoms with Crippen molar-refractivity contribution in [3.05, 3.63) is 23.7 Å². The van der Waals surface area contributed by atoms with Crippen LogP contribution in [0, 0.1) is 5.92 Å². The highest BCUT2D eigenvalue weighted by molar-refractivity contribution is 7.09. The molecule has 7 heteroatoms. The Morgan fingerprint density at radius 2 is 2.25 bits per heavy atom. The summed E-state index contributed by atoms with van der Waals surface area (Å²) in [4.78, 5) is 20.6.